The highest BCUT2D eigenvalue weighted by Crippen LogP contribution is 2.19. The van der Waals surface area contributed by atoms with Crippen LogP contribution in [-0.2, 0) is 14.3 Å². The second-order valence-electron chi connectivity index (χ2n) is 25.3. The van der Waals surface area contributed by atoms with Gasteiger partial charge < -0.3 is 20.3 Å². The Morgan fingerprint density at radius 1 is 0.338 bits per heavy atom. The first-order valence-electron chi connectivity index (χ1n) is 36.6. The first-order chi connectivity index (χ1) is 39.5. The van der Waals surface area contributed by atoms with Gasteiger partial charge in [0.1, 0.15) is 0 Å². The number of carbonyl (C=O) groups excluding carboxylic acids is 2. The number of unbranched alkanes of at least 4 members (excludes halogenated alkanes) is 56. The summed E-state index contributed by atoms with van der Waals surface area (Å²) in [6.45, 7) is 4.95. The lowest BCUT2D eigenvalue weighted by Crippen LogP contribution is -2.45. The molecule has 2 atom stereocenters. The fraction of sp³-hybridized carbons (Fsp3) is 0.919. The summed E-state index contributed by atoms with van der Waals surface area (Å²) in [4.78, 5) is 24.6. The molecule has 0 radical (unpaired) electrons. The van der Waals surface area contributed by atoms with E-state index in [0.29, 0.717) is 19.4 Å². The predicted octanol–water partition coefficient (Wildman–Crippen LogP) is 23.7. The molecule has 0 aliphatic carbocycles. The van der Waals surface area contributed by atoms with Gasteiger partial charge in [-0.1, -0.05) is 366 Å². The Morgan fingerprint density at radius 2 is 0.588 bits per heavy atom. The van der Waals surface area contributed by atoms with Crippen molar-refractivity contribution in [2.75, 3.05) is 13.2 Å². The topological polar surface area (TPSA) is 95.9 Å². The van der Waals surface area contributed by atoms with Crippen molar-refractivity contribution in [3.8, 4) is 0 Å². The molecule has 474 valence electrons. The molecule has 0 rings (SSSR count). The average Bonchev–Trinajstić information content (AvgIpc) is 3.46. The van der Waals surface area contributed by atoms with Crippen molar-refractivity contribution < 1.29 is 24.5 Å². The summed E-state index contributed by atoms with van der Waals surface area (Å²) in [6, 6.07) is -0.633. The van der Waals surface area contributed by atoms with Gasteiger partial charge in [0.05, 0.1) is 25.4 Å². The van der Waals surface area contributed by atoms with E-state index in [-0.39, 0.29) is 18.5 Å². The van der Waals surface area contributed by atoms with Gasteiger partial charge in [0.25, 0.3) is 0 Å². The maximum atomic E-state index is 12.5. The molecule has 0 aliphatic heterocycles. The highest BCUT2D eigenvalue weighted by molar-refractivity contribution is 5.76. The maximum absolute atomic E-state index is 12.5. The van der Waals surface area contributed by atoms with Gasteiger partial charge in [0, 0.05) is 12.8 Å². The van der Waals surface area contributed by atoms with Crippen LogP contribution in [0.5, 0.6) is 0 Å². The monoisotopic (exact) mass is 1130 g/mol. The van der Waals surface area contributed by atoms with Gasteiger partial charge in [0.15, 0.2) is 0 Å². The van der Waals surface area contributed by atoms with E-state index in [9.17, 15) is 19.8 Å². The van der Waals surface area contributed by atoms with E-state index in [1.807, 2.05) is 6.08 Å². The third kappa shape index (κ3) is 65.5. The van der Waals surface area contributed by atoms with Gasteiger partial charge in [-0.2, -0.15) is 0 Å². The maximum Gasteiger partial charge on any atom is 0.305 e. The van der Waals surface area contributed by atoms with Crippen molar-refractivity contribution in [3.05, 3.63) is 24.3 Å². The van der Waals surface area contributed by atoms with E-state index in [0.717, 1.165) is 44.9 Å². The summed E-state index contributed by atoms with van der Waals surface area (Å²) in [7, 11) is 0. The number of hydrogen-bond acceptors (Lipinski definition) is 5. The van der Waals surface area contributed by atoms with Gasteiger partial charge >= 0.3 is 5.97 Å². The molecule has 0 aromatic heterocycles. The molecule has 0 aliphatic rings. The summed E-state index contributed by atoms with van der Waals surface area (Å²) >= 11 is 0. The molecule has 0 saturated carbocycles. The summed E-state index contributed by atoms with van der Waals surface area (Å²) < 4.78 is 5.51. The molecular weight excluding hydrogens is 983 g/mol. The van der Waals surface area contributed by atoms with Crippen LogP contribution in [0, 0.1) is 0 Å². The number of esters is 1. The highest BCUT2D eigenvalue weighted by Gasteiger charge is 2.18. The molecule has 3 N–H and O–H groups in total. The Bertz CT molecular complexity index is 1250. The highest BCUT2D eigenvalue weighted by atomic mass is 16.5. The molecular formula is C74H143NO5. The number of allylic oxidation sites excluding steroid dienone is 3. The molecule has 0 bridgehead atoms. The van der Waals surface area contributed by atoms with Gasteiger partial charge in [-0.05, 0) is 57.8 Å². The normalized spacial score (nSPS) is 12.6. The minimum Gasteiger partial charge on any atom is -0.466 e. The van der Waals surface area contributed by atoms with Crippen LogP contribution in [0.25, 0.3) is 0 Å². The average molecular weight is 1130 g/mol. The number of amides is 1. The fourth-order valence-electron chi connectivity index (χ4n) is 11.6. The Morgan fingerprint density at radius 3 is 0.887 bits per heavy atom. The lowest BCUT2D eigenvalue weighted by Gasteiger charge is -2.20. The van der Waals surface area contributed by atoms with Crippen LogP contribution in [0.4, 0.5) is 0 Å². The number of aliphatic hydroxyl groups is 2. The summed E-state index contributed by atoms with van der Waals surface area (Å²) in [5.74, 6) is -0.0536. The molecule has 0 fully saturated rings. The molecule has 0 heterocycles. The van der Waals surface area contributed by atoms with Crippen molar-refractivity contribution >= 4 is 11.9 Å². The van der Waals surface area contributed by atoms with E-state index in [1.54, 1.807) is 6.08 Å². The van der Waals surface area contributed by atoms with Crippen molar-refractivity contribution in [1.82, 2.24) is 5.32 Å². The van der Waals surface area contributed by atoms with Crippen LogP contribution in [0.2, 0.25) is 0 Å². The second-order valence-corrected chi connectivity index (χ2v) is 25.3. The third-order valence-electron chi connectivity index (χ3n) is 17.2. The van der Waals surface area contributed by atoms with Gasteiger partial charge in [-0.3, -0.25) is 9.59 Å². The van der Waals surface area contributed by atoms with E-state index >= 15 is 0 Å². The second kappa shape index (κ2) is 69.8. The predicted molar refractivity (Wildman–Crippen MR) is 352 cm³/mol. The number of aliphatic hydroxyl groups excluding tert-OH is 2. The molecule has 0 aromatic rings. The number of carbonyl (C=O) groups is 2. The van der Waals surface area contributed by atoms with Crippen molar-refractivity contribution in [3.63, 3.8) is 0 Å². The molecule has 0 spiro atoms. The van der Waals surface area contributed by atoms with Crippen molar-refractivity contribution in [2.24, 2.45) is 0 Å². The Hall–Kier alpha value is -1.66. The Balaban J connectivity index is 3.41. The molecule has 0 aromatic carbocycles. The number of ether oxygens (including phenoxy) is 1. The van der Waals surface area contributed by atoms with Gasteiger partial charge in [0.2, 0.25) is 5.91 Å². The molecule has 1 amide bonds. The summed E-state index contributed by atoms with van der Waals surface area (Å²) in [5.41, 5.74) is 0. The fourth-order valence-corrected chi connectivity index (χ4v) is 11.6. The van der Waals surface area contributed by atoms with Crippen LogP contribution in [0.15, 0.2) is 24.3 Å². The smallest absolute Gasteiger partial charge is 0.305 e. The number of hydrogen-bond donors (Lipinski definition) is 3. The number of nitrogens with one attached hydrogen (secondary N) is 1. The van der Waals surface area contributed by atoms with Gasteiger partial charge in [-0.25, -0.2) is 0 Å². The van der Waals surface area contributed by atoms with Crippen LogP contribution >= 0.6 is 0 Å². The van der Waals surface area contributed by atoms with Crippen molar-refractivity contribution in [1.29, 1.82) is 0 Å². The largest absolute Gasteiger partial charge is 0.466 e. The molecule has 6 heteroatoms. The van der Waals surface area contributed by atoms with E-state index in [4.69, 9.17) is 4.74 Å². The zero-order chi connectivity index (χ0) is 57.8. The van der Waals surface area contributed by atoms with Crippen LogP contribution in [0.1, 0.15) is 412 Å². The van der Waals surface area contributed by atoms with Crippen molar-refractivity contribution in [2.45, 2.75) is 424 Å². The minimum atomic E-state index is -0.850. The minimum absolute atomic E-state index is 0.0164. The molecule has 80 heavy (non-hydrogen) atoms. The van der Waals surface area contributed by atoms with E-state index in [1.165, 1.54) is 340 Å². The van der Waals surface area contributed by atoms with Crippen LogP contribution in [0.3, 0.4) is 0 Å². The lowest BCUT2D eigenvalue weighted by atomic mass is 10.0. The third-order valence-corrected chi connectivity index (χ3v) is 17.2. The lowest BCUT2D eigenvalue weighted by molar-refractivity contribution is -0.143. The molecule has 2 unspecified atom stereocenters. The van der Waals surface area contributed by atoms with E-state index in [2.05, 4.69) is 31.3 Å². The quantitative estimate of drug-likeness (QED) is 0.0320. The molecule has 0 saturated heterocycles. The SMILES string of the molecule is CCCCCCCCCCCCCCCCCCCCCC/C=C/C(O)C(CO)NC(=O)CCCCCCCCC/C=C\CCCCCCCCCCCCCCOC(=O)CCCCCCCCCCCCCCCCCCCC. The number of rotatable bonds is 69. The first-order valence-corrected chi connectivity index (χ1v) is 36.6. The summed E-state index contributed by atoms with van der Waals surface area (Å²) in [5, 5.41) is 23.3. The zero-order valence-electron chi connectivity index (χ0n) is 54.3. The van der Waals surface area contributed by atoms with Crippen LogP contribution < -0.4 is 5.32 Å². The van der Waals surface area contributed by atoms with Crippen LogP contribution in [-0.4, -0.2) is 47.4 Å². The zero-order valence-corrected chi connectivity index (χ0v) is 54.3. The van der Waals surface area contributed by atoms with E-state index < -0.39 is 12.1 Å². The Kier molecular flexibility index (Phi) is 68.4. The van der Waals surface area contributed by atoms with Gasteiger partial charge in [-0.15, -0.1) is 0 Å². The molecule has 6 nitrogen and oxygen atoms in total. The summed E-state index contributed by atoms with van der Waals surface area (Å²) in [6.07, 6.45) is 88.3. The Labute approximate surface area is 501 Å². The standard InChI is InChI=1S/C74H143NO5/c1-3-5-7-9-11-13-15-17-19-21-23-24-28-31-34-38-42-46-50-54-58-62-66-72(77)71(70-76)75-73(78)67-63-59-55-51-47-43-39-35-32-29-26-25-27-30-33-37-41-45-49-53-57-61-65-69-80-74(79)68-64-60-56-52-48-44-40-36-22-20-18-16-14-12-10-8-6-4-2/h29,32,62,66,71-72,76-77H,3-28,30-31,33-61,63-65,67-70H2,1-2H3,(H,75,78)/b32-29-,66-62+. The first kappa shape index (κ1) is 78.3.